The Morgan fingerprint density at radius 2 is 1.69 bits per heavy atom. The van der Waals surface area contributed by atoms with E-state index in [0.29, 0.717) is 5.56 Å². The highest BCUT2D eigenvalue weighted by atomic mass is 14.2. The Bertz CT molecular complexity index is 677. The van der Waals surface area contributed by atoms with Crippen molar-refractivity contribution in [3.05, 3.63) is 60.2 Å². The summed E-state index contributed by atoms with van der Waals surface area (Å²) in [5.41, 5.74) is 3.13. The molecule has 2 aliphatic carbocycles. The van der Waals surface area contributed by atoms with E-state index in [0.717, 1.165) is 5.39 Å². The van der Waals surface area contributed by atoms with E-state index in [1.165, 1.54) is 16.5 Å². The van der Waals surface area contributed by atoms with E-state index in [1.807, 2.05) is 24.3 Å². The summed E-state index contributed by atoms with van der Waals surface area (Å²) in [5.74, 6) is 0. The Kier molecular flexibility index (Phi) is 1.88. The summed E-state index contributed by atoms with van der Waals surface area (Å²) in [6.45, 7) is 0. The molecule has 3 rings (SSSR count). The van der Waals surface area contributed by atoms with Gasteiger partial charge in [-0.1, -0.05) is 42.5 Å². The zero-order chi connectivity index (χ0) is 11.0. The predicted octanol–water partition coefficient (Wildman–Crippen LogP) is 3.82. The number of fused-ring (bicyclic) bond motifs is 3. The molecule has 0 saturated carbocycles. The number of benzene rings is 1. The van der Waals surface area contributed by atoms with Crippen molar-refractivity contribution in [2.45, 2.75) is 0 Å². The Morgan fingerprint density at radius 1 is 0.875 bits per heavy atom. The maximum atomic E-state index is 8.93. The van der Waals surface area contributed by atoms with Crippen molar-refractivity contribution < 1.29 is 0 Å². The first-order valence-corrected chi connectivity index (χ1v) is 5.20. The lowest BCUT2D eigenvalue weighted by Crippen LogP contribution is -1.76. The van der Waals surface area contributed by atoms with Crippen LogP contribution in [0.3, 0.4) is 0 Å². The molecule has 0 aromatic heterocycles. The van der Waals surface area contributed by atoms with Crippen molar-refractivity contribution in [3.63, 3.8) is 0 Å². The number of nitrogens with zero attached hydrogens (tertiary/aromatic N) is 1. The summed E-state index contributed by atoms with van der Waals surface area (Å²) < 4.78 is 0. The maximum Gasteiger partial charge on any atom is 0.0991 e. The van der Waals surface area contributed by atoms with E-state index in [9.17, 15) is 0 Å². The summed E-state index contributed by atoms with van der Waals surface area (Å²) in [5, 5.41) is 11.2. The number of nitriles is 1. The molecule has 1 aromatic rings. The molecule has 16 heavy (non-hydrogen) atoms. The number of rotatable bonds is 0. The minimum atomic E-state index is 0.709. The highest BCUT2D eigenvalue weighted by Gasteiger charge is 2.05. The fraction of sp³-hybridized carbons (Fsp3) is 0. The van der Waals surface area contributed by atoms with Crippen molar-refractivity contribution in [2.75, 3.05) is 0 Å². The van der Waals surface area contributed by atoms with Gasteiger partial charge in [-0.2, -0.15) is 5.26 Å². The van der Waals surface area contributed by atoms with Gasteiger partial charge in [-0.25, -0.2) is 0 Å². The predicted molar refractivity (Wildman–Crippen MR) is 65.3 cm³/mol. The first kappa shape index (κ1) is 8.94. The summed E-state index contributed by atoms with van der Waals surface area (Å²) in [7, 11) is 0. The molecule has 0 atom stereocenters. The van der Waals surface area contributed by atoms with Crippen LogP contribution < -0.4 is 0 Å². The molecule has 0 radical (unpaired) electrons. The van der Waals surface area contributed by atoms with E-state index in [2.05, 4.69) is 36.4 Å². The van der Waals surface area contributed by atoms with Crippen molar-refractivity contribution in [2.24, 2.45) is 0 Å². The lowest BCUT2D eigenvalue weighted by Gasteiger charge is -1.99. The van der Waals surface area contributed by atoms with Crippen LogP contribution in [0, 0.1) is 11.3 Å². The molecule has 0 N–H and O–H groups in total. The maximum absolute atomic E-state index is 8.93. The van der Waals surface area contributed by atoms with Gasteiger partial charge >= 0.3 is 0 Å². The highest BCUT2D eigenvalue weighted by molar-refractivity contribution is 5.97. The standard InChI is InChI=1S/C15H9N/c16-10-11-7-8-13-4-1-3-12-5-2-6-14(12)15(13)9-11/h1-9H. The Hall–Kier alpha value is -2.33. The molecule has 0 heterocycles. The summed E-state index contributed by atoms with van der Waals surface area (Å²) >= 11 is 0. The second-order valence-corrected chi connectivity index (χ2v) is 3.83. The van der Waals surface area contributed by atoms with E-state index < -0.39 is 0 Å². The molecule has 0 fully saturated rings. The molecule has 1 nitrogen and oxygen atoms in total. The second kappa shape index (κ2) is 3.36. The van der Waals surface area contributed by atoms with Crippen LogP contribution in [0.25, 0.3) is 21.9 Å². The van der Waals surface area contributed by atoms with Gasteiger partial charge in [0.1, 0.15) is 0 Å². The topological polar surface area (TPSA) is 23.8 Å². The van der Waals surface area contributed by atoms with Gasteiger partial charge in [0, 0.05) is 0 Å². The van der Waals surface area contributed by atoms with Crippen LogP contribution in [-0.4, -0.2) is 0 Å². The van der Waals surface area contributed by atoms with Gasteiger partial charge in [-0.3, -0.25) is 0 Å². The van der Waals surface area contributed by atoms with Gasteiger partial charge < -0.3 is 0 Å². The highest BCUT2D eigenvalue weighted by Crippen LogP contribution is 2.30. The minimum Gasteiger partial charge on any atom is -0.192 e. The third-order valence-corrected chi connectivity index (χ3v) is 2.87. The molecule has 74 valence electrons. The van der Waals surface area contributed by atoms with Crippen molar-refractivity contribution >= 4 is 10.8 Å². The van der Waals surface area contributed by atoms with Crippen LogP contribution in [-0.2, 0) is 0 Å². The molecular formula is C15H9N. The molecule has 0 saturated heterocycles. The molecule has 0 aliphatic heterocycles. The van der Waals surface area contributed by atoms with Crippen LogP contribution in [0.15, 0.2) is 54.6 Å². The van der Waals surface area contributed by atoms with Gasteiger partial charge in [0.25, 0.3) is 0 Å². The second-order valence-electron chi connectivity index (χ2n) is 3.83. The minimum absolute atomic E-state index is 0.709. The van der Waals surface area contributed by atoms with E-state index >= 15 is 0 Å². The normalized spacial score (nSPS) is 10.4. The van der Waals surface area contributed by atoms with Crippen molar-refractivity contribution in [1.29, 1.82) is 5.26 Å². The van der Waals surface area contributed by atoms with Gasteiger partial charge in [0.2, 0.25) is 0 Å². The van der Waals surface area contributed by atoms with Gasteiger partial charge in [0.15, 0.2) is 0 Å². The number of hydrogen-bond acceptors (Lipinski definition) is 1. The molecular weight excluding hydrogens is 194 g/mol. The fourth-order valence-electron chi connectivity index (χ4n) is 2.08. The zero-order valence-corrected chi connectivity index (χ0v) is 8.64. The molecule has 0 bridgehead atoms. The van der Waals surface area contributed by atoms with E-state index in [4.69, 9.17) is 5.26 Å². The Balaban J connectivity index is 2.49. The van der Waals surface area contributed by atoms with Crippen LogP contribution in [0.2, 0.25) is 0 Å². The average Bonchev–Trinajstić information content (AvgIpc) is 2.71. The average molecular weight is 203 g/mol. The largest absolute Gasteiger partial charge is 0.192 e. The molecule has 1 aromatic carbocycles. The van der Waals surface area contributed by atoms with Crippen LogP contribution in [0.4, 0.5) is 0 Å². The van der Waals surface area contributed by atoms with Crippen molar-refractivity contribution in [3.8, 4) is 17.2 Å². The fourth-order valence-corrected chi connectivity index (χ4v) is 2.08. The van der Waals surface area contributed by atoms with Gasteiger partial charge in [-0.05, 0) is 34.0 Å². The van der Waals surface area contributed by atoms with Gasteiger partial charge in [-0.15, -0.1) is 0 Å². The molecule has 0 amide bonds. The van der Waals surface area contributed by atoms with E-state index in [-0.39, 0.29) is 0 Å². The molecule has 0 unspecified atom stereocenters. The Morgan fingerprint density at radius 3 is 2.50 bits per heavy atom. The summed E-state index contributed by atoms with van der Waals surface area (Å²) in [6.07, 6.45) is 0. The van der Waals surface area contributed by atoms with Crippen LogP contribution >= 0.6 is 0 Å². The lowest BCUT2D eigenvalue weighted by atomic mass is 10.0. The lowest BCUT2D eigenvalue weighted by molar-refractivity contribution is 1.50. The zero-order valence-electron chi connectivity index (χ0n) is 8.64. The smallest absolute Gasteiger partial charge is 0.0991 e. The first-order chi connectivity index (χ1) is 7.88. The summed E-state index contributed by atoms with van der Waals surface area (Å²) in [4.78, 5) is 0. The SMILES string of the molecule is N#Cc1ccc2cccc3cccc-3c2c1. The van der Waals surface area contributed by atoms with Crippen molar-refractivity contribution in [1.82, 2.24) is 0 Å². The number of hydrogen-bond donors (Lipinski definition) is 0. The third-order valence-electron chi connectivity index (χ3n) is 2.87. The third kappa shape index (κ3) is 1.24. The molecule has 2 aliphatic rings. The van der Waals surface area contributed by atoms with E-state index in [1.54, 1.807) is 0 Å². The monoisotopic (exact) mass is 203 g/mol. The summed E-state index contributed by atoms with van der Waals surface area (Å²) in [6, 6.07) is 20.5. The molecule has 0 spiro atoms. The van der Waals surface area contributed by atoms with Crippen LogP contribution in [0.1, 0.15) is 5.56 Å². The quantitative estimate of drug-likeness (QED) is 0.545. The molecule has 1 heteroatoms. The van der Waals surface area contributed by atoms with Crippen LogP contribution in [0.5, 0.6) is 0 Å². The first-order valence-electron chi connectivity index (χ1n) is 5.20. The Labute approximate surface area is 93.9 Å². The van der Waals surface area contributed by atoms with Gasteiger partial charge in [0.05, 0.1) is 11.6 Å².